The van der Waals surface area contributed by atoms with Crippen LogP contribution in [-0.2, 0) is 25.7 Å². The lowest BCUT2D eigenvalue weighted by Crippen LogP contribution is -2.42. The Hall–Kier alpha value is -2.78. The molecule has 1 rings (SSSR count). The van der Waals surface area contributed by atoms with Crippen molar-refractivity contribution in [2.75, 3.05) is 19.6 Å². The summed E-state index contributed by atoms with van der Waals surface area (Å²) in [6.07, 6.45) is -4.20. The molecule has 1 aromatic rings. The molecule has 0 unspecified atom stereocenters. The molecule has 2 amide bonds. The van der Waals surface area contributed by atoms with Gasteiger partial charge in [-0.25, -0.2) is 4.79 Å². The van der Waals surface area contributed by atoms with Gasteiger partial charge in [-0.1, -0.05) is 30.3 Å². The van der Waals surface area contributed by atoms with Crippen LogP contribution in [0.5, 0.6) is 0 Å². The van der Waals surface area contributed by atoms with E-state index in [-0.39, 0.29) is 32.5 Å². The Morgan fingerprint density at radius 2 is 1.58 bits per heavy atom. The minimum atomic E-state index is -4.98. The van der Waals surface area contributed by atoms with E-state index in [9.17, 15) is 27.6 Å². The summed E-state index contributed by atoms with van der Waals surface area (Å²) in [5, 5.41) is 2.58. The standard InChI is InChI=1S/C23H33F3N2O5/c1-22(2,3)33-19(29)13-10-16-28(20(30)23(24,25)26)15-9-5-8-14-27-21(31)32-17-18-11-6-4-7-12-18/h4,6-7,11-12H,5,8-10,13-17H2,1-3H3,(H,27,31). The van der Waals surface area contributed by atoms with Crippen molar-refractivity contribution in [3.05, 3.63) is 35.9 Å². The summed E-state index contributed by atoms with van der Waals surface area (Å²) in [6, 6.07) is 9.18. The number of alkyl halides is 3. The molecule has 0 aliphatic heterocycles. The maximum Gasteiger partial charge on any atom is 0.471 e. The first-order chi connectivity index (χ1) is 15.4. The molecule has 33 heavy (non-hydrogen) atoms. The molecule has 0 spiro atoms. The van der Waals surface area contributed by atoms with Crippen molar-refractivity contribution < 1.29 is 37.0 Å². The predicted octanol–water partition coefficient (Wildman–Crippen LogP) is 4.60. The first-order valence-electron chi connectivity index (χ1n) is 10.9. The summed E-state index contributed by atoms with van der Waals surface area (Å²) in [5.41, 5.74) is 0.175. The average molecular weight is 475 g/mol. The summed E-state index contributed by atoms with van der Waals surface area (Å²) in [7, 11) is 0. The summed E-state index contributed by atoms with van der Waals surface area (Å²) >= 11 is 0. The second-order valence-corrected chi connectivity index (χ2v) is 8.53. The summed E-state index contributed by atoms with van der Waals surface area (Å²) in [5.74, 6) is -2.44. The third-order valence-electron chi connectivity index (χ3n) is 4.35. The molecule has 0 saturated carbocycles. The molecule has 186 valence electrons. The number of carbonyl (C=O) groups excluding carboxylic acids is 3. The van der Waals surface area contributed by atoms with Crippen LogP contribution in [0.15, 0.2) is 30.3 Å². The molecule has 0 saturated heterocycles. The Morgan fingerprint density at radius 1 is 0.939 bits per heavy atom. The van der Waals surface area contributed by atoms with Crippen molar-refractivity contribution in [1.82, 2.24) is 10.2 Å². The van der Waals surface area contributed by atoms with Gasteiger partial charge in [0.25, 0.3) is 0 Å². The van der Waals surface area contributed by atoms with Gasteiger partial charge in [0.05, 0.1) is 0 Å². The van der Waals surface area contributed by atoms with Crippen LogP contribution in [0.1, 0.15) is 58.4 Å². The SMILES string of the molecule is CC(C)(C)OC(=O)CCCN(CCCCCNC(=O)OCc1ccccc1)C(=O)C(F)(F)F. The highest BCUT2D eigenvalue weighted by Crippen LogP contribution is 2.19. The number of ether oxygens (including phenoxy) is 2. The van der Waals surface area contributed by atoms with Crippen molar-refractivity contribution in [2.45, 2.75) is 71.3 Å². The molecule has 1 N–H and O–H groups in total. The monoisotopic (exact) mass is 474 g/mol. The molecular weight excluding hydrogens is 441 g/mol. The first kappa shape index (κ1) is 28.3. The van der Waals surface area contributed by atoms with E-state index in [2.05, 4.69) is 5.32 Å². The maximum absolute atomic E-state index is 12.9. The molecule has 7 nitrogen and oxygen atoms in total. The Kier molecular flexibility index (Phi) is 11.7. The van der Waals surface area contributed by atoms with Crippen molar-refractivity contribution in [3.8, 4) is 0 Å². The quantitative estimate of drug-likeness (QED) is 0.354. The van der Waals surface area contributed by atoms with E-state index in [0.29, 0.717) is 30.7 Å². The maximum atomic E-state index is 12.9. The number of hydrogen-bond acceptors (Lipinski definition) is 5. The predicted molar refractivity (Wildman–Crippen MR) is 116 cm³/mol. The van der Waals surface area contributed by atoms with E-state index in [1.54, 1.807) is 20.8 Å². The van der Waals surface area contributed by atoms with Gasteiger partial charge in [-0.15, -0.1) is 0 Å². The summed E-state index contributed by atoms with van der Waals surface area (Å²) < 4.78 is 48.8. The van der Waals surface area contributed by atoms with Crippen molar-refractivity contribution in [1.29, 1.82) is 0 Å². The van der Waals surface area contributed by atoms with Gasteiger partial charge in [0.15, 0.2) is 0 Å². The van der Waals surface area contributed by atoms with E-state index >= 15 is 0 Å². The highest BCUT2D eigenvalue weighted by Gasteiger charge is 2.42. The van der Waals surface area contributed by atoms with Crippen LogP contribution in [-0.4, -0.2) is 54.3 Å². The van der Waals surface area contributed by atoms with Crippen molar-refractivity contribution >= 4 is 18.0 Å². The number of alkyl carbamates (subject to hydrolysis) is 1. The molecule has 0 heterocycles. The molecule has 0 atom stereocenters. The van der Waals surface area contributed by atoms with E-state index in [0.717, 1.165) is 5.56 Å². The number of esters is 1. The number of benzene rings is 1. The van der Waals surface area contributed by atoms with Crippen LogP contribution < -0.4 is 5.32 Å². The number of rotatable bonds is 12. The number of nitrogens with zero attached hydrogens (tertiary/aromatic N) is 1. The number of hydrogen-bond donors (Lipinski definition) is 1. The third-order valence-corrected chi connectivity index (χ3v) is 4.35. The normalized spacial score (nSPS) is 11.6. The third kappa shape index (κ3) is 13.4. The summed E-state index contributed by atoms with van der Waals surface area (Å²) in [6.45, 7) is 5.25. The number of nitrogens with one attached hydrogen (secondary N) is 1. The molecule has 10 heteroatoms. The van der Waals surface area contributed by atoms with E-state index in [4.69, 9.17) is 9.47 Å². The number of carbonyl (C=O) groups is 3. The van der Waals surface area contributed by atoms with Crippen molar-refractivity contribution in [2.24, 2.45) is 0 Å². The second-order valence-electron chi connectivity index (χ2n) is 8.53. The van der Waals surface area contributed by atoms with Gasteiger partial charge in [0.2, 0.25) is 0 Å². The van der Waals surface area contributed by atoms with Crippen LogP contribution in [0.25, 0.3) is 0 Å². The smallest absolute Gasteiger partial charge is 0.460 e. The number of amides is 2. The van der Waals surface area contributed by atoms with Gasteiger partial charge < -0.3 is 19.7 Å². The zero-order valence-electron chi connectivity index (χ0n) is 19.4. The van der Waals surface area contributed by atoms with Gasteiger partial charge in [0.1, 0.15) is 12.2 Å². The number of unbranched alkanes of at least 4 members (excludes halogenated alkanes) is 2. The fourth-order valence-corrected chi connectivity index (χ4v) is 2.87. The van der Waals surface area contributed by atoms with E-state index in [1.165, 1.54) is 0 Å². The van der Waals surface area contributed by atoms with Crippen LogP contribution in [0.2, 0.25) is 0 Å². The van der Waals surface area contributed by atoms with Crippen molar-refractivity contribution in [3.63, 3.8) is 0 Å². The van der Waals surface area contributed by atoms with Crippen LogP contribution in [0.3, 0.4) is 0 Å². The van der Waals surface area contributed by atoms with Crippen LogP contribution >= 0.6 is 0 Å². The summed E-state index contributed by atoms with van der Waals surface area (Å²) in [4.78, 5) is 35.8. The average Bonchev–Trinajstić information content (AvgIpc) is 2.71. The Morgan fingerprint density at radius 3 is 2.18 bits per heavy atom. The van der Waals surface area contributed by atoms with Gasteiger partial charge in [-0.05, 0) is 52.0 Å². The molecule has 0 bridgehead atoms. The molecule has 0 radical (unpaired) electrons. The Bertz CT molecular complexity index is 749. The second kappa shape index (κ2) is 13.7. The topological polar surface area (TPSA) is 84.9 Å². The molecule has 0 aromatic heterocycles. The minimum Gasteiger partial charge on any atom is -0.460 e. The lowest BCUT2D eigenvalue weighted by Gasteiger charge is -2.24. The fraction of sp³-hybridized carbons (Fsp3) is 0.609. The Labute approximate surface area is 192 Å². The molecule has 0 aliphatic rings. The molecular formula is C23H33F3N2O5. The first-order valence-corrected chi connectivity index (χ1v) is 10.9. The lowest BCUT2D eigenvalue weighted by molar-refractivity contribution is -0.185. The lowest BCUT2D eigenvalue weighted by atomic mass is 10.2. The van der Waals surface area contributed by atoms with Gasteiger partial charge >= 0.3 is 24.1 Å². The Balaban J connectivity index is 2.30. The van der Waals surface area contributed by atoms with Crippen LogP contribution in [0, 0.1) is 0 Å². The highest BCUT2D eigenvalue weighted by molar-refractivity contribution is 5.81. The molecule has 0 fully saturated rings. The van der Waals surface area contributed by atoms with E-state index in [1.807, 2.05) is 30.3 Å². The van der Waals surface area contributed by atoms with Gasteiger partial charge in [0, 0.05) is 26.1 Å². The minimum absolute atomic E-state index is 0.0749. The van der Waals surface area contributed by atoms with Crippen LogP contribution in [0.4, 0.5) is 18.0 Å². The van der Waals surface area contributed by atoms with Gasteiger partial charge in [-0.2, -0.15) is 13.2 Å². The largest absolute Gasteiger partial charge is 0.471 e. The zero-order chi connectivity index (χ0) is 24.9. The molecule has 1 aromatic carbocycles. The molecule has 0 aliphatic carbocycles. The number of halogens is 3. The highest BCUT2D eigenvalue weighted by atomic mass is 19.4. The fourth-order valence-electron chi connectivity index (χ4n) is 2.87. The zero-order valence-corrected chi connectivity index (χ0v) is 19.4. The van der Waals surface area contributed by atoms with Gasteiger partial charge in [-0.3, -0.25) is 9.59 Å². The van der Waals surface area contributed by atoms with E-state index < -0.39 is 29.7 Å².